The number of rotatable bonds is 4. The van der Waals surface area contributed by atoms with E-state index in [0.717, 1.165) is 24.5 Å². The van der Waals surface area contributed by atoms with E-state index in [4.69, 9.17) is 4.74 Å². The number of benzene rings is 1. The van der Waals surface area contributed by atoms with Crippen molar-refractivity contribution in [1.82, 2.24) is 25.5 Å². The highest BCUT2D eigenvalue weighted by molar-refractivity contribution is 5.78. The van der Waals surface area contributed by atoms with Gasteiger partial charge < -0.3 is 14.5 Å². The fourth-order valence-corrected chi connectivity index (χ4v) is 2.51. The first-order chi connectivity index (χ1) is 10.8. The Labute approximate surface area is 128 Å². The number of aromatic amines is 1. The third-order valence-electron chi connectivity index (χ3n) is 3.77. The molecule has 1 aromatic carbocycles. The number of nitrogens with zero attached hydrogens (tertiary/aromatic N) is 5. The maximum atomic E-state index is 12.2. The number of hydrogen-bond donors (Lipinski definition) is 1. The lowest BCUT2D eigenvalue weighted by Crippen LogP contribution is -2.49. The van der Waals surface area contributed by atoms with Gasteiger partial charge >= 0.3 is 0 Å². The van der Waals surface area contributed by atoms with Gasteiger partial charge in [0.05, 0.1) is 13.5 Å². The van der Waals surface area contributed by atoms with Crippen molar-refractivity contribution in [1.29, 1.82) is 0 Å². The van der Waals surface area contributed by atoms with Gasteiger partial charge in [-0.3, -0.25) is 4.79 Å². The molecule has 0 aliphatic carbocycles. The Morgan fingerprint density at radius 2 is 1.95 bits per heavy atom. The lowest BCUT2D eigenvalue weighted by atomic mass is 10.2. The average molecular weight is 302 g/mol. The Morgan fingerprint density at radius 1 is 1.23 bits per heavy atom. The second kappa shape index (κ2) is 6.42. The molecule has 116 valence electrons. The fourth-order valence-electron chi connectivity index (χ4n) is 2.51. The fraction of sp³-hybridized carbons (Fsp3) is 0.429. The molecule has 0 atom stereocenters. The highest BCUT2D eigenvalue weighted by Gasteiger charge is 2.22. The summed E-state index contributed by atoms with van der Waals surface area (Å²) in [6.07, 6.45) is 0.193. The molecular formula is C14H18N6O2. The summed E-state index contributed by atoms with van der Waals surface area (Å²) in [5.41, 5.74) is 1.14. The van der Waals surface area contributed by atoms with Crippen LogP contribution in [-0.4, -0.2) is 64.7 Å². The third kappa shape index (κ3) is 3.16. The van der Waals surface area contributed by atoms with Crippen LogP contribution in [0.2, 0.25) is 0 Å². The van der Waals surface area contributed by atoms with Crippen molar-refractivity contribution in [3.8, 4) is 5.75 Å². The van der Waals surface area contributed by atoms with Crippen LogP contribution < -0.4 is 9.64 Å². The van der Waals surface area contributed by atoms with E-state index in [1.165, 1.54) is 0 Å². The lowest BCUT2D eigenvalue weighted by molar-refractivity contribution is -0.130. The summed E-state index contributed by atoms with van der Waals surface area (Å²) >= 11 is 0. The molecule has 1 aliphatic heterocycles. The van der Waals surface area contributed by atoms with Gasteiger partial charge in [0, 0.05) is 31.9 Å². The number of piperazine rings is 1. The molecule has 0 bridgehead atoms. The number of amides is 1. The molecule has 0 spiro atoms. The lowest BCUT2D eigenvalue weighted by Gasteiger charge is -2.36. The molecule has 1 aromatic heterocycles. The topological polar surface area (TPSA) is 87.2 Å². The standard InChI is InChI=1S/C14H18N6O2/c1-22-12-4-2-11(3-5-12)19-6-8-20(9-7-19)14(21)10-13-15-17-18-16-13/h2-5H,6-10H2,1H3,(H,15,16,17,18). The van der Waals surface area contributed by atoms with Crippen LogP contribution in [0.5, 0.6) is 5.75 Å². The molecule has 8 heteroatoms. The molecule has 1 amide bonds. The average Bonchev–Trinajstić information content (AvgIpc) is 3.08. The molecule has 1 fully saturated rings. The summed E-state index contributed by atoms with van der Waals surface area (Å²) in [6, 6.07) is 7.97. The van der Waals surface area contributed by atoms with Gasteiger partial charge in [0.25, 0.3) is 0 Å². The maximum Gasteiger partial charge on any atom is 0.230 e. The predicted molar refractivity (Wildman–Crippen MR) is 79.7 cm³/mol. The van der Waals surface area contributed by atoms with Gasteiger partial charge in [-0.25, -0.2) is 0 Å². The summed E-state index contributed by atoms with van der Waals surface area (Å²) < 4.78 is 5.16. The van der Waals surface area contributed by atoms with Crippen LogP contribution in [0, 0.1) is 0 Å². The van der Waals surface area contributed by atoms with E-state index in [9.17, 15) is 4.79 Å². The second-order valence-corrected chi connectivity index (χ2v) is 5.07. The Balaban J connectivity index is 1.54. The number of carbonyl (C=O) groups is 1. The minimum atomic E-state index is 0.0378. The van der Waals surface area contributed by atoms with Crippen molar-refractivity contribution in [2.24, 2.45) is 0 Å². The predicted octanol–water partition coefficient (Wildman–Crippen LogP) is 0.0996. The Hall–Kier alpha value is -2.64. The van der Waals surface area contributed by atoms with E-state index < -0.39 is 0 Å². The zero-order valence-electron chi connectivity index (χ0n) is 12.4. The van der Waals surface area contributed by atoms with Gasteiger partial charge in [-0.2, -0.15) is 5.21 Å². The number of H-pyrrole nitrogens is 1. The molecule has 0 unspecified atom stereocenters. The van der Waals surface area contributed by atoms with Gasteiger partial charge in [-0.05, 0) is 24.3 Å². The molecule has 2 heterocycles. The highest BCUT2D eigenvalue weighted by atomic mass is 16.5. The van der Waals surface area contributed by atoms with Gasteiger partial charge in [0.2, 0.25) is 5.91 Å². The van der Waals surface area contributed by atoms with E-state index in [1.54, 1.807) is 7.11 Å². The van der Waals surface area contributed by atoms with Gasteiger partial charge in [-0.15, -0.1) is 10.2 Å². The van der Waals surface area contributed by atoms with Crippen molar-refractivity contribution in [3.63, 3.8) is 0 Å². The van der Waals surface area contributed by atoms with E-state index in [0.29, 0.717) is 18.9 Å². The first-order valence-electron chi connectivity index (χ1n) is 7.15. The highest BCUT2D eigenvalue weighted by Crippen LogP contribution is 2.20. The molecule has 2 aromatic rings. The minimum absolute atomic E-state index is 0.0378. The summed E-state index contributed by atoms with van der Waals surface area (Å²) in [5, 5.41) is 13.4. The molecular weight excluding hydrogens is 284 g/mol. The van der Waals surface area contributed by atoms with Gasteiger partial charge in [0.1, 0.15) is 5.75 Å². The first-order valence-corrected chi connectivity index (χ1v) is 7.15. The van der Waals surface area contributed by atoms with E-state index >= 15 is 0 Å². The summed E-state index contributed by atoms with van der Waals surface area (Å²) in [4.78, 5) is 16.3. The zero-order valence-corrected chi connectivity index (χ0v) is 12.4. The molecule has 0 saturated carbocycles. The Morgan fingerprint density at radius 3 is 2.55 bits per heavy atom. The van der Waals surface area contributed by atoms with E-state index in [2.05, 4.69) is 25.5 Å². The molecule has 8 nitrogen and oxygen atoms in total. The van der Waals surface area contributed by atoms with Crippen LogP contribution in [0.4, 0.5) is 5.69 Å². The molecule has 1 aliphatic rings. The van der Waals surface area contributed by atoms with Crippen LogP contribution >= 0.6 is 0 Å². The normalized spacial score (nSPS) is 15.0. The number of carbonyl (C=O) groups excluding carboxylic acids is 1. The molecule has 3 rings (SSSR count). The van der Waals surface area contributed by atoms with Crippen LogP contribution in [0.3, 0.4) is 0 Å². The van der Waals surface area contributed by atoms with Crippen LogP contribution in [-0.2, 0) is 11.2 Å². The van der Waals surface area contributed by atoms with Crippen LogP contribution in [0.1, 0.15) is 5.82 Å². The van der Waals surface area contributed by atoms with Gasteiger partial charge in [0.15, 0.2) is 5.82 Å². The minimum Gasteiger partial charge on any atom is -0.497 e. The number of anilines is 1. The summed E-state index contributed by atoms with van der Waals surface area (Å²) in [6.45, 7) is 3.01. The molecule has 1 saturated heterocycles. The number of tetrazole rings is 1. The SMILES string of the molecule is COc1ccc(N2CCN(C(=O)Cc3nn[nH]n3)CC2)cc1. The number of aromatic nitrogens is 4. The number of ether oxygens (including phenoxy) is 1. The third-order valence-corrected chi connectivity index (χ3v) is 3.77. The Kier molecular flexibility index (Phi) is 4.17. The van der Waals surface area contributed by atoms with E-state index in [1.807, 2.05) is 29.2 Å². The Bertz CT molecular complexity index is 605. The van der Waals surface area contributed by atoms with Crippen molar-refractivity contribution >= 4 is 11.6 Å². The van der Waals surface area contributed by atoms with Gasteiger partial charge in [-0.1, -0.05) is 5.21 Å². The maximum absolute atomic E-state index is 12.2. The monoisotopic (exact) mass is 302 g/mol. The quantitative estimate of drug-likeness (QED) is 0.862. The largest absolute Gasteiger partial charge is 0.497 e. The number of methoxy groups -OCH3 is 1. The van der Waals surface area contributed by atoms with E-state index in [-0.39, 0.29) is 12.3 Å². The van der Waals surface area contributed by atoms with Crippen LogP contribution in [0.15, 0.2) is 24.3 Å². The number of hydrogen-bond acceptors (Lipinski definition) is 6. The second-order valence-electron chi connectivity index (χ2n) is 5.07. The summed E-state index contributed by atoms with van der Waals surface area (Å²) in [7, 11) is 1.66. The van der Waals surface area contributed by atoms with Crippen molar-refractivity contribution in [2.75, 3.05) is 38.2 Å². The van der Waals surface area contributed by atoms with Crippen molar-refractivity contribution in [2.45, 2.75) is 6.42 Å². The first kappa shape index (κ1) is 14.3. The molecule has 1 N–H and O–H groups in total. The van der Waals surface area contributed by atoms with Crippen molar-refractivity contribution in [3.05, 3.63) is 30.1 Å². The van der Waals surface area contributed by atoms with Crippen LogP contribution in [0.25, 0.3) is 0 Å². The molecule has 22 heavy (non-hydrogen) atoms. The zero-order chi connectivity index (χ0) is 15.4. The summed E-state index contributed by atoms with van der Waals surface area (Å²) in [5.74, 6) is 1.32. The molecule has 0 radical (unpaired) electrons. The smallest absolute Gasteiger partial charge is 0.230 e. The van der Waals surface area contributed by atoms with Crippen molar-refractivity contribution < 1.29 is 9.53 Å². The number of nitrogens with one attached hydrogen (secondary N) is 1.